The van der Waals surface area contributed by atoms with Crippen molar-refractivity contribution in [1.82, 2.24) is 14.8 Å². The van der Waals surface area contributed by atoms with E-state index in [0.29, 0.717) is 11.5 Å². The van der Waals surface area contributed by atoms with E-state index >= 15 is 0 Å². The summed E-state index contributed by atoms with van der Waals surface area (Å²) in [7, 11) is 0. The van der Waals surface area contributed by atoms with Crippen LogP contribution in [0.2, 0.25) is 5.15 Å². The van der Waals surface area contributed by atoms with Gasteiger partial charge in [0.2, 0.25) is 5.15 Å². The van der Waals surface area contributed by atoms with Crippen molar-refractivity contribution in [3.63, 3.8) is 0 Å². The lowest BCUT2D eigenvalue weighted by atomic mass is 10.1. The highest BCUT2D eigenvalue weighted by Gasteiger charge is 2.29. The van der Waals surface area contributed by atoms with Crippen LogP contribution in [-0.4, -0.2) is 19.7 Å². The Labute approximate surface area is 122 Å². The van der Waals surface area contributed by atoms with Crippen LogP contribution >= 0.6 is 27.5 Å². The molecule has 0 saturated heterocycles. The molecule has 0 atom stereocenters. The van der Waals surface area contributed by atoms with Gasteiger partial charge in [-0.25, -0.2) is 4.98 Å². The highest BCUT2D eigenvalue weighted by molar-refractivity contribution is 9.10. The van der Waals surface area contributed by atoms with Crippen molar-refractivity contribution in [3.05, 3.63) is 43.8 Å². The van der Waals surface area contributed by atoms with Crippen LogP contribution in [0.1, 0.15) is 25.5 Å². The molecule has 0 spiro atoms. The molecule has 0 bridgehead atoms. The summed E-state index contributed by atoms with van der Waals surface area (Å²) in [5.74, 6) is 0.331. The van der Waals surface area contributed by atoms with Gasteiger partial charge in [0.25, 0.3) is 0 Å². The van der Waals surface area contributed by atoms with E-state index in [1.54, 1.807) is 18.3 Å². The summed E-state index contributed by atoms with van der Waals surface area (Å²) in [6.45, 7) is 3.65. The van der Waals surface area contributed by atoms with Crippen molar-refractivity contribution < 1.29 is 4.92 Å². The van der Waals surface area contributed by atoms with Gasteiger partial charge in [0, 0.05) is 16.6 Å². The highest BCUT2D eigenvalue weighted by Crippen LogP contribution is 2.34. The Morgan fingerprint density at radius 1 is 1.47 bits per heavy atom. The van der Waals surface area contributed by atoms with E-state index < -0.39 is 4.92 Å². The Balaban J connectivity index is 2.62. The van der Waals surface area contributed by atoms with Crippen molar-refractivity contribution >= 4 is 33.2 Å². The standard InChI is InChI=1S/C11H10BrClN4O2/c1-6(2)9-10(17(18)19)11(13)16(15-9)8-4-3-7(12)5-14-8/h3-6H,1-2H3. The Hall–Kier alpha value is -1.47. The van der Waals surface area contributed by atoms with E-state index in [0.717, 1.165) is 4.47 Å². The molecule has 100 valence electrons. The molecule has 8 heteroatoms. The number of pyridine rings is 1. The Morgan fingerprint density at radius 2 is 2.16 bits per heavy atom. The molecule has 0 amide bonds. The SMILES string of the molecule is CC(C)c1nn(-c2ccc(Br)cn2)c(Cl)c1[N+](=O)[O-]. The van der Waals surface area contributed by atoms with Gasteiger partial charge in [-0.1, -0.05) is 25.4 Å². The molecule has 2 rings (SSSR count). The molecule has 0 fully saturated rings. The Morgan fingerprint density at radius 3 is 2.58 bits per heavy atom. The van der Waals surface area contributed by atoms with Gasteiger partial charge in [-0.2, -0.15) is 9.78 Å². The predicted molar refractivity (Wildman–Crippen MR) is 74.8 cm³/mol. The zero-order valence-electron chi connectivity index (χ0n) is 10.2. The smallest absolute Gasteiger partial charge is 0.258 e. The molecular formula is C11H10BrClN4O2. The summed E-state index contributed by atoms with van der Waals surface area (Å²) < 4.78 is 2.08. The van der Waals surface area contributed by atoms with Crippen LogP contribution in [0.4, 0.5) is 5.69 Å². The third-order valence-electron chi connectivity index (χ3n) is 2.49. The largest absolute Gasteiger partial charge is 0.329 e. The van der Waals surface area contributed by atoms with E-state index in [9.17, 15) is 10.1 Å². The van der Waals surface area contributed by atoms with Crippen LogP contribution in [0.3, 0.4) is 0 Å². The first-order valence-electron chi connectivity index (χ1n) is 5.46. The van der Waals surface area contributed by atoms with Gasteiger partial charge in [-0.15, -0.1) is 0 Å². The molecule has 0 aromatic carbocycles. The molecule has 19 heavy (non-hydrogen) atoms. The van der Waals surface area contributed by atoms with Crippen LogP contribution < -0.4 is 0 Å². The summed E-state index contributed by atoms with van der Waals surface area (Å²) in [4.78, 5) is 14.7. The molecule has 0 aliphatic rings. The van der Waals surface area contributed by atoms with Crippen LogP contribution in [0.15, 0.2) is 22.8 Å². The fourth-order valence-corrected chi connectivity index (χ4v) is 2.13. The highest BCUT2D eigenvalue weighted by atomic mass is 79.9. The molecule has 0 unspecified atom stereocenters. The first-order chi connectivity index (χ1) is 8.91. The van der Waals surface area contributed by atoms with Gasteiger partial charge in [-0.3, -0.25) is 10.1 Å². The summed E-state index contributed by atoms with van der Waals surface area (Å²) >= 11 is 9.32. The molecular weight excluding hydrogens is 336 g/mol. The van der Waals surface area contributed by atoms with Crippen LogP contribution in [0.5, 0.6) is 0 Å². The fraction of sp³-hybridized carbons (Fsp3) is 0.273. The second kappa shape index (κ2) is 5.26. The quantitative estimate of drug-likeness (QED) is 0.628. The topological polar surface area (TPSA) is 73.8 Å². The number of nitrogens with zero attached hydrogens (tertiary/aromatic N) is 4. The van der Waals surface area contributed by atoms with Crippen molar-refractivity contribution in [3.8, 4) is 5.82 Å². The average molecular weight is 346 g/mol. The zero-order chi connectivity index (χ0) is 14.2. The fourth-order valence-electron chi connectivity index (χ4n) is 1.61. The third kappa shape index (κ3) is 2.62. The number of hydrogen-bond acceptors (Lipinski definition) is 4. The summed E-state index contributed by atoms with van der Waals surface area (Å²) in [6.07, 6.45) is 1.58. The molecule has 2 aromatic heterocycles. The predicted octanol–water partition coefficient (Wildman–Crippen LogP) is 3.71. The van der Waals surface area contributed by atoms with Gasteiger partial charge in [0.1, 0.15) is 5.69 Å². The van der Waals surface area contributed by atoms with Gasteiger partial charge in [-0.05, 0) is 28.1 Å². The van der Waals surface area contributed by atoms with Crippen LogP contribution in [0.25, 0.3) is 5.82 Å². The van der Waals surface area contributed by atoms with Crippen molar-refractivity contribution in [2.24, 2.45) is 0 Å². The summed E-state index contributed by atoms with van der Waals surface area (Å²) in [5.41, 5.74) is 0.182. The van der Waals surface area contributed by atoms with E-state index in [4.69, 9.17) is 11.6 Å². The van der Waals surface area contributed by atoms with Crippen LogP contribution in [0, 0.1) is 10.1 Å². The number of nitro groups is 1. The minimum absolute atomic E-state index is 0.0384. The lowest BCUT2D eigenvalue weighted by Crippen LogP contribution is -2.00. The number of hydrogen-bond donors (Lipinski definition) is 0. The van der Waals surface area contributed by atoms with Crippen LogP contribution in [-0.2, 0) is 0 Å². The molecule has 0 saturated carbocycles. The van der Waals surface area contributed by atoms with E-state index in [1.807, 2.05) is 13.8 Å². The second-order valence-electron chi connectivity index (χ2n) is 4.18. The first kappa shape index (κ1) is 14.0. The molecule has 6 nitrogen and oxygen atoms in total. The zero-order valence-corrected chi connectivity index (χ0v) is 12.5. The third-order valence-corrected chi connectivity index (χ3v) is 3.30. The summed E-state index contributed by atoms with van der Waals surface area (Å²) in [6, 6.07) is 3.44. The minimum Gasteiger partial charge on any atom is -0.258 e. The maximum atomic E-state index is 11.1. The Bertz CT molecular complexity index is 624. The van der Waals surface area contributed by atoms with E-state index in [-0.39, 0.29) is 16.8 Å². The monoisotopic (exact) mass is 344 g/mol. The second-order valence-corrected chi connectivity index (χ2v) is 5.46. The lowest BCUT2D eigenvalue weighted by molar-refractivity contribution is -0.385. The van der Waals surface area contributed by atoms with Gasteiger partial charge in [0.15, 0.2) is 5.82 Å². The first-order valence-corrected chi connectivity index (χ1v) is 6.63. The maximum Gasteiger partial charge on any atom is 0.329 e. The average Bonchev–Trinajstić information content (AvgIpc) is 2.68. The van der Waals surface area contributed by atoms with Crippen molar-refractivity contribution in [2.45, 2.75) is 19.8 Å². The van der Waals surface area contributed by atoms with Gasteiger partial charge in [0.05, 0.1) is 4.92 Å². The summed E-state index contributed by atoms with van der Waals surface area (Å²) in [5, 5.41) is 15.2. The normalized spacial score (nSPS) is 11.0. The molecule has 0 aliphatic carbocycles. The van der Waals surface area contributed by atoms with Crippen molar-refractivity contribution in [1.29, 1.82) is 0 Å². The molecule has 2 heterocycles. The maximum absolute atomic E-state index is 11.1. The molecule has 2 aromatic rings. The minimum atomic E-state index is -0.514. The van der Waals surface area contributed by atoms with Gasteiger partial charge >= 0.3 is 5.69 Å². The molecule has 0 radical (unpaired) electrons. The number of halogens is 2. The number of aromatic nitrogens is 3. The molecule has 0 aliphatic heterocycles. The lowest BCUT2D eigenvalue weighted by Gasteiger charge is -2.01. The van der Waals surface area contributed by atoms with Crippen molar-refractivity contribution in [2.75, 3.05) is 0 Å². The Kier molecular flexibility index (Phi) is 3.86. The van der Waals surface area contributed by atoms with E-state index in [1.165, 1.54) is 4.68 Å². The van der Waals surface area contributed by atoms with E-state index in [2.05, 4.69) is 26.0 Å². The number of rotatable bonds is 3. The van der Waals surface area contributed by atoms with Gasteiger partial charge < -0.3 is 0 Å². The molecule has 0 N–H and O–H groups in total.